The van der Waals surface area contributed by atoms with Crippen molar-refractivity contribution in [3.05, 3.63) is 120 Å². The smallest absolute Gasteiger partial charge is 0.255 e. The van der Waals surface area contributed by atoms with Gasteiger partial charge in [-0.1, -0.05) is 61.5 Å². The number of ether oxygens (including phenoxy) is 2. The Balaban J connectivity index is 1.20. The summed E-state index contributed by atoms with van der Waals surface area (Å²) in [7, 11) is 0. The molecule has 43 heavy (non-hydrogen) atoms. The van der Waals surface area contributed by atoms with E-state index < -0.39 is 6.29 Å². The van der Waals surface area contributed by atoms with Crippen LogP contribution in [0.25, 0.3) is 0 Å². The van der Waals surface area contributed by atoms with E-state index in [1.54, 1.807) is 24.5 Å². The lowest BCUT2D eigenvalue weighted by molar-refractivity contribution is -0.276. The van der Waals surface area contributed by atoms with Crippen LogP contribution in [0.4, 0.5) is 11.6 Å². The molecule has 2 fully saturated rings. The second-order valence-electron chi connectivity index (χ2n) is 11.1. The summed E-state index contributed by atoms with van der Waals surface area (Å²) in [5.74, 6) is 0.674. The molecule has 6 rings (SSSR count). The van der Waals surface area contributed by atoms with E-state index in [2.05, 4.69) is 32.0 Å². The van der Waals surface area contributed by atoms with Crippen molar-refractivity contribution in [2.24, 2.45) is 5.92 Å². The van der Waals surface area contributed by atoms with Crippen molar-refractivity contribution in [2.45, 2.75) is 32.0 Å². The van der Waals surface area contributed by atoms with Crippen LogP contribution in [0.2, 0.25) is 0 Å². The van der Waals surface area contributed by atoms with Crippen molar-refractivity contribution in [1.82, 2.24) is 14.9 Å². The van der Waals surface area contributed by atoms with E-state index in [-0.39, 0.29) is 30.6 Å². The van der Waals surface area contributed by atoms with Crippen LogP contribution in [0.15, 0.2) is 97.3 Å². The summed E-state index contributed by atoms with van der Waals surface area (Å²) in [4.78, 5) is 26.3. The number of nitrogens with zero attached hydrogens (tertiary/aromatic N) is 4. The zero-order valence-electron chi connectivity index (χ0n) is 24.3. The highest BCUT2D eigenvalue weighted by Crippen LogP contribution is 2.42. The molecule has 9 heteroatoms. The second kappa shape index (κ2) is 13.4. The summed E-state index contributed by atoms with van der Waals surface area (Å²) >= 11 is 0. The predicted octanol–water partition coefficient (Wildman–Crippen LogP) is 4.83. The molecule has 0 aliphatic carbocycles. The molecule has 0 bridgehead atoms. The standard InChI is InChI=1S/C34H37N5O4/c1-24-30(22-38-17-19-39(20-18-38)34-35-15-6-16-36-34)42-33(43-31(24)26-13-11-25(23-40)12-14-26)28-9-5-10-29(21-28)37-32(41)27-7-3-2-4-8-27/h2-16,21,24,30-31,33,40H,17-20,22-23H2,1H3,(H,37,41)/t24-,30+,31+,33+/m0/s1. The average molecular weight is 580 g/mol. The number of carbonyl (C=O) groups is 1. The van der Waals surface area contributed by atoms with Gasteiger partial charge in [0.2, 0.25) is 5.95 Å². The molecule has 0 unspecified atom stereocenters. The first-order valence-electron chi connectivity index (χ1n) is 14.8. The number of aliphatic hydroxyl groups excluding tert-OH is 1. The van der Waals surface area contributed by atoms with Gasteiger partial charge in [-0.05, 0) is 41.5 Å². The second-order valence-corrected chi connectivity index (χ2v) is 11.1. The molecule has 3 aromatic carbocycles. The third-order valence-corrected chi connectivity index (χ3v) is 8.22. The molecule has 3 heterocycles. The monoisotopic (exact) mass is 579 g/mol. The van der Waals surface area contributed by atoms with E-state index in [1.165, 1.54) is 0 Å². The number of nitrogens with one attached hydrogen (secondary N) is 1. The molecule has 9 nitrogen and oxygen atoms in total. The van der Waals surface area contributed by atoms with Crippen LogP contribution in [0.1, 0.15) is 46.4 Å². The Morgan fingerprint density at radius 3 is 2.35 bits per heavy atom. The lowest BCUT2D eigenvalue weighted by Crippen LogP contribution is -2.51. The van der Waals surface area contributed by atoms with E-state index >= 15 is 0 Å². The quantitative estimate of drug-likeness (QED) is 0.306. The number of piperazine rings is 1. The summed E-state index contributed by atoms with van der Waals surface area (Å²) in [5, 5.41) is 12.6. The van der Waals surface area contributed by atoms with Gasteiger partial charge in [0.25, 0.3) is 5.91 Å². The number of amides is 1. The van der Waals surface area contributed by atoms with Crippen LogP contribution in [-0.2, 0) is 16.1 Å². The normalized spacial score (nSPS) is 22.7. The Kier molecular flexibility index (Phi) is 9.04. The third-order valence-electron chi connectivity index (χ3n) is 8.22. The molecular formula is C34H37N5O4. The van der Waals surface area contributed by atoms with Gasteiger partial charge in [0, 0.05) is 67.8 Å². The lowest BCUT2D eigenvalue weighted by Gasteiger charge is -2.44. The number of benzene rings is 3. The Hall–Kier alpha value is -4.15. The molecule has 2 aliphatic heterocycles. The fourth-order valence-electron chi connectivity index (χ4n) is 5.72. The molecular weight excluding hydrogens is 542 g/mol. The summed E-state index contributed by atoms with van der Waals surface area (Å²) in [6.45, 7) is 6.40. The lowest BCUT2D eigenvalue weighted by atomic mass is 9.90. The molecule has 0 saturated carbocycles. The zero-order chi connectivity index (χ0) is 29.6. The van der Waals surface area contributed by atoms with Crippen LogP contribution in [0.3, 0.4) is 0 Å². The number of rotatable bonds is 8. The average Bonchev–Trinajstić information content (AvgIpc) is 3.07. The molecule has 2 aliphatic rings. The molecule has 2 saturated heterocycles. The van der Waals surface area contributed by atoms with Crippen LogP contribution < -0.4 is 10.2 Å². The SMILES string of the molecule is C[C@H]1[C@@H](CN2CCN(c3ncccn3)CC2)O[C@@H](c2cccc(NC(=O)c3ccccc3)c2)O[C@H]1c1ccc(CO)cc1. The van der Waals surface area contributed by atoms with Crippen molar-refractivity contribution >= 4 is 17.5 Å². The van der Waals surface area contributed by atoms with Crippen molar-refractivity contribution in [3.8, 4) is 0 Å². The van der Waals surface area contributed by atoms with Crippen molar-refractivity contribution in [3.63, 3.8) is 0 Å². The van der Waals surface area contributed by atoms with Gasteiger partial charge in [-0.2, -0.15) is 0 Å². The molecule has 0 radical (unpaired) electrons. The minimum absolute atomic E-state index is 0.00277. The minimum atomic E-state index is -0.615. The summed E-state index contributed by atoms with van der Waals surface area (Å²) < 4.78 is 13.3. The molecule has 4 aromatic rings. The zero-order valence-corrected chi connectivity index (χ0v) is 24.3. The van der Waals surface area contributed by atoms with E-state index in [0.717, 1.165) is 55.4 Å². The highest BCUT2D eigenvalue weighted by molar-refractivity contribution is 6.04. The Morgan fingerprint density at radius 2 is 1.63 bits per heavy atom. The Morgan fingerprint density at radius 1 is 0.884 bits per heavy atom. The maximum atomic E-state index is 12.8. The van der Waals surface area contributed by atoms with Crippen LogP contribution in [0.5, 0.6) is 0 Å². The molecule has 1 amide bonds. The van der Waals surface area contributed by atoms with Crippen LogP contribution in [0, 0.1) is 5.92 Å². The van der Waals surface area contributed by atoms with E-state index in [0.29, 0.717) is 11.3 Å². The number of anilines is 2. The van der Waals surface area contributed by atoms with Gasteiger partial charge in [0.1, 0.15) is 0 Å². The van der Waals surface area contributed by atoms with E-state index in [4.69, 9.17) is 9.47 Å². The van der Waals surface area contributed by atoms with Crippen molar-refractivity contribution in [1.29, 1.82) is 0 Å². The van der Waals surface area contributed by atoms with Gasteiger partial charge >= 0.3 is 0 Å². The summed E-state index contributed by atoms with van der Waals surface area (Å²) in [6.07, 6.45) is 2.64. The fraction of sp³-hybridized carbons (Fsp3) is 0.324. The first kappa shape index (κ1) is 28.9. The number of carbonyl (C=O) groups excluding carboxylic acids is 1. The van der Waals surface area contributed by atoms with Crippen LogP contribution >= 0.6 is 0 Å². The van der Waals surface area contributed by atoms with Gasteiger partial charge < -0.3 is 24.8 Å². The van der Waals surface area contributed by atoms with Gasteiger partial charge in [-0.3, -0.25) is 9.69 Å². The highest BCUT2D eigenvalue weighted by atomic mass is 16.7. The summed E-state index contributed by atoms with van der Waals surface area (Å²) in [5.41, 5.74) is 4.01. The highest BCUT2D eigenvalue weighted by Gasteiger charge is 2.39. The third kappa shape index (κ3) is 6.92. The maximum absolute atomic E-state index is 12.8. The molecule has 0 spiro atoms. The number of aliphatic hydroxyl groups is 1. The maximum Gasteiger partial charge on any atom is 0.255 e. The predicted molar refractivity (Wildman–Crippen MR) is 164 cm³/mol. The molecule has 222 valence electrons. The molecule has 2 N–H and O–H groups in total. The first-order chi connectivity index (χ1) is 21.1. The minimum Gasteiger partial charge on any atom is -0.392 e. The number of hydrogen-bond acceptors (Lipinski definition) is 8. The molecule has 4 atom stereocenters. The van der Waals surface area contributed by atoms with Gasteiger partial charge in [-0.15, -0.1) is 0 Å². The van der Waals surface area contributed by atoms with E-state index in [1.807, 2.05) is 72.8 Å². The van der Waals surface area contributed by atoms with Gasteiger partial charge in [0.15, 0.2) is 6.29 Å². The number of hydrogen-bond donors (Lipinski definition) is 2. The van der Waals surface area contributed by atoms with Crippen molar-refractivity contribution < 1.29 is 19.4 Å². The van der Waals surface area contributed by atoms with E-state index in [9.17, 15) is 9.90 Å². The van der Waals surface area contributed by atoms with Crippen LogP contribution in [-0.4, -0.2) is 64.7 Å². The topological polar surface area (TPSA) is 100 Å². The summed E-state index contributed by atoms with van der Waals surface area (Å²) in [6, 6.07) is 26.6. The Labute approximate surface area is 252 Å². The van der Waals surface area contributed by atoms with Crippen molar-refractivity contribution in [2.75, 3.05) is 42.9 Å². The Bertz CT molecular complexity index is 1480. The number of aromatic nitrogens is 2. The van der Waals surface area contributed by atoms with Gasteiger partial charge in [0.05, 0.1) is 18.8 Å². The molecule has 1 aromatic heterocycles. The largest absolute Gasteiger partial charge is 0.392 e. The first-order valence-corrected chi connectivity index (χ1v) is 14.8. The fourth-order valence-corrected chi connectivity index (χ4v) is 5.72. The van der Waals surface area contributed by atoms with Gasteiger partial charge in [-0.25, -0.2) is 9.97 Å².